The molecule has 0 bridgehead atoms. The van der Waals surface area contributed by atoms with Crippen molar-refractivity contribution in [2.24, 2.45) is 5.41 Å². The number of nitrogens with zero attached hydrogens (tertiary/aromatic N) is 2. The van der Waals surface area contributed by atoms with E-state index in [2.05, 4.69) is 41.8 Å². The molecule has 0 fully saturated rings. The molecule has 0 spiro atoms. The van der Waals surface area contributed by atoms with Gasteiger partial charge in [0.05, 0.1) is 0 Å². The van der Waals surface area contributed by atoms with Gasteiger partial charge in [0.1, 0.15) is 5.82 Å². The monoisotopic (exact) mass is 195 g/mol. The minimum Gasteiger partial charge on any atom is -0.334 e. The Kier molecular flexibility index (Phi) is 3.69. The molecule has 80 valence electrons. The van der Waals surface area contributed by atoms with Gasteiger partial charge in [0, 0.05) is 31.9 Å². The molecule has 0 atom stereocenters. The van der Waals surface area contributed by atoms with Gasteiger partial charge in [-0.3, -0.25) is 0 Å². The number of nitrogens with one attached hydrogen (secondary N) is 1. The predicted molar refractivity (Wildman–Crippen MR) is 59.3 cm³/mol. The van der Waals surface area contributed by atoms with E-state index in [1.54, 1.807) is 0 Å². The Morgan fingerprint density at radius 2 is 2.21 bits per heavy atom. The first-order valence-electron chi connectivity index (χ1n) is 5.23. The van der Waals surface area contributed by atoms with Gasteiger partial charge in [-0.2, -0.15) is 0 Å². The van der Waals surface area contributed by atoms with Gasteiger partial charge in [-0.25, -0.2) is 4.98 Å². The average Bonchev–Trinajstić information content (AvgIpc) is 2.50. The van der Waals surface area contributed by atoms with E-state index in [0.717, 1.165) is 19.5 Å². The van der Waals surface area contributed by atoms with E-state index in [-0.39, 0.29) is 5.41 Å². The maximum absolute atomic E-state index is 4.32. The first kappa shape index (κ1) is 11.2. The molecule has 0 aliphatic rings. The molecule has 0 amide bonds. The molecule has 1 heterocycles. The highest BCUT2D eigenvalue weighted by Gasteiger charge is 2.18. The number of imidazole rings is 1. The molecule has 1 aromatic rings. The summed E-state index contributed by atoms with van der Waals surface area (Å²) in [6.45, 7) is 8.72. The number of rotatable bonds is 5. The molecule has 3 nitrogen and oxygen atoms in total. The first-order valence-corrected chi connectivity index (χ1v) is 5.23. The van der Waals surface area contributed by atoms with Crippen molar-refractivity contribution >= 4 is 0 Å². The molecule has 0 unspecified atom stereocenters. The number of aromatic nitrogens is 2. The summed E-state index contributed by atoms with van der Waals surface area (Å²) >= 11 is 0. The molecule has 1 aromatic heterocycles. The SMILES string of the molecule is CCc1nccn1CC(C)(C)CNC. The van der Waals surface area contributed by atoms with Gasteiger partial charge < -0.3 is 9.88 Å². The largest absolute Gasteiger partial charge is 0.334 e. The molecule has 1 N–H and O–H groups in total. The van der Waals surface area contributed by atoms with Gasteiger partial charge >= 0.3 is 0 Å². The maximum atomic E-state index is 4.32. The molecule has 0 saturated heterocycles. The standard InChI is InChI=1S/C11H21N3/c1-5-10-13-6-7-14(10)9-11(2,3)8-12-4/h6-7,12H,5,8-9H2,1-4H3. The lowest BCUT2D eigenvalue weighted by Gasteiger charge is -2.25. The van der Waals surface area contributed by atoms with Gasteiger partial charge in [0.15, 0.2) is 0 Å². The zero-order valence-corrected chi connectivity index (χ0v) is 9.67. The number of hydrogen-bond donors (Lipinski definition) is 1. The third-order valence-electron chi connectivity index (χ3n) is 2.37. The fraction of sp³-hybridized carbons (Fsp3) is 0.727. The third-order valence-corrected chi connectivity index (χ3v) is 2.37. The van der Waals surface area contributed by atoms with Crippen molar-refractivity contribution in [3.63, 3.8) is 0 Å². The highest BCUT2D eigenvalue weighted by atomic mass is 15.1. The van der Waals surface area contributed by atoms with Gasteiger partial charge in [0.25, 0.3) is 0 Å². The summed E-state index contributed by atoms with van der Waals surface area (Å²) in [7, 11) is 2.00. The minimum atomic E-state index is 0.277. The van der Waals surface area contributed by atoms with Crippen LogP contribution in [0.1, 0.15) is 26.6 Å². The van der Waals surface area contributed by atoms with E-state index in [9.17, 15) is 0 Å². The Hall–Kier alpha value is -0.830. The van der Waals surface area contributed by atoms with Crippen LogP contribution in [0.25, 0.3) is 0 Å². The summed E-state index contributed by atoms with van der Waals surface area (Å²) < 4.78 is 2.25. The second-order valence-electron chi connectivity index (χ2n) is 4.52. The van der Waals surface area contributed by atoms with Crippen LogP contribution in [-0.2, 0) is 13.0 Å². The van der Waals surface area contributed by atoms with E-state index < -0.39 is 0 Å². The quantitative estimate of drug-likeness (QED) is 0.775. The molecule has 0 radical (unpaired) electrons. The van der Waals surface area contributed by atoms with Crippen LogP contribution in [0.4, 0.5) is 0 Å². The lowest BCUT2D eigenvalue weighted by atomic mass is 9.93. The zero-order valence-electron chi connectivity index (χ0n) is 9.67. The molecule has 0 saturated carbocycles. The second-order valence-corrected chi connectivity index (χ2v) is 4.52. The van der Waals surface area contributed by atoms with Crippen molar-refractivity contribution in [1.82, 2.24) is 14.9 Å². The highest BCUT2D eigenvalue weighted by molar-refractivity contribution is 4.93. The molecule has 0 aromatic carbocycles. The maximum Gasteiger partial charge on any atom is 0.108 e. The topological polar surface area (TPSA) is 29.9 Å². The Balaban J connectivity index is 2.67. The van der Waals surface area contributed by atoms with Crippen molar-refractivity contribution in [2.75, 3.05) is 13.6 Å². The molecule has 0 aliphatic heterocycles. The van der Waals surface area contributed by atoms with Crippen LogP contribution >= 0.6 is 0 Å². The van der Waals surface area contributed by atoms with Crippen LogP contribution < -0.4 is 5.32 Å². The lowest BCUT2D eigenvalue weighted by Crippen LogP contribution is -2.31. The van der Waals surface area contributed by atoms with Crippen LogP contribution in [0.15, 0.2) is 12.4 Å². The fourth-order valence-electron chi connectivity index (χ4n) is 1.79. The normalized spacial score (nSPS) is 12.0. The zero-order chi connectivity index (χ0) is 10.6. The Morgan fingerprint density at radius 1 is 1.50 bits per heavy atom. The van der Waals surface area contributed by atoms with E-state index in [4.69, 9.17) is 0 Å². The average molecular weight is 195 g/mol. The molecule has 14 heavy (non-hydrogen) atoms. The van der Waals surface area contributed by atoms with Crippen molar-refractivity contribution in [2.45, 2.75) is 33.7 Å². The van der Waals surface area contributed by atoms with E-state index >= 15 is 0 Å². The van der Waals surface area contributed by atoms with Gasteiger partial charge in [-0.05, 0) is 12.5 Å². The van der Waals surface area contributed by atoms with Crippen molar-refractivity contribution in [3.05, 3.63) is 18.2 Å². The Morgan fingerprint density at radius 3 is 2.79 bits per heavy atom. The molecule has 0 aliphatic carbocycles. The van der Waals surface area contributed by atoms with Crippen LogP contribution in [0, 0.1) is 5.41 Å². The van der Waals surface area contributed by atoms with Crippen molar-refractivity contribution in [1.29, 1.82) is 0 Å². The summed E-state index contributed by atoms with van der Waals surface area (Å²) in [5.41, 5.74) is 0.277. The lowest BCUT2D eigenvalue weighted by molar-refractivity contribution is 0.293. The van der Waals surface area contributed by atoms with Crippen LogP contribution in [0.3, 0.4) is 0 Å². The Bertz CT molecular complexity index is 276. The summed E-state index contributed by atoms with van der Waals surface area (Å²) in [4.78, 5) is 4.32. The summed E-state index contributed by atoms with van der Waals surface area (Å²) in [5, 5.41) is 3.22. The predicted octanol–water partition coefficient (Wildman–Crippen LogP) is 1.69. The highest BCUT2D eigenvalue weighted by Crippen LogP contribution is 2.17. The molecule has 3 heteroatoms. The van der Waals surface area contributed by atoms with Crippen molar-refractivity contribution < 1.29 is 0 Å². The minimum absolute atomic E-state index is 0.277. The fourth-order valence-corrected chi connectivity index (χ4v) is 1.79. The van der Waals surface area contributed by atoms with Gasteiger partial charge in [0.2, 0.25) is 0 Å². The van der Waals surface area contributed by atoms with Crippen LogP contribution in [-0.4, -0.2) is 23.1 Å². The van der Waals surface area contributed by atoms with Crippen molar-refractivity contribution in [3.8, 4) is 0 Å². The third kappa shape index (κ3) is 2.84. The molecular formula is C11H21N3. The number of aryl methyl sites for hydroxylation is 1. The Labute approximate surface area is 86.5 Å². The van der Waals surface area contributed by atoms with Crippen LogP contribution in [0.2, 0.25) is 0 Å². The number of hydrogen-bond acceptors (Lipinski definition) is 2. The van der Waals surface area contributed by atoms with E-state index in [1.165, 1.54) is 5.82 Å². The van der Waals surface area contributed by atoms with Crippen LogP contribution in [0.5, 0.6) is 0 Å². The molecule has 1 rings (SSSR count). The van der Waals surface area contributed by atoms with E-state index in [1.807, 2.05) is 13.2 Å². The summed E-state index contributed by atoms with van der Waals surface area (Å²) in [6.07, 6.45) is 4.95. The van der Waals surface area contributed by atoms with Gasteiger partial charge in [-0.1, -0.05) is 20.8 Å². The smallest absolute Gasteiger partial charge is 0.108 e. The molecular weight excluding hydrogens is 174 g/mol. The van der Waals surface area contributed by atoms with Gasteiger partial charge in [-0.15, -0.1) is 0 Å². The second kappa shape index (κ2) is 4.60. The summed E-state index contributed by atoms with van der Waals surface area (Å²) in [5.74, 6) is 1.18. The van der Waals surface area contributed by atoms with E-state index in [0.29, 0.717) is 0 Å². The first-order chi connectivity index (χ1) is 6.59. The summed E-state index contributed by atoms with van der Waals surface area (Å²) in [6, 6.07) is 0.